The molecule has 1 N–H and O–H groups in total. The quantitative estimate of drug-likeness (QED) is 0.618. The molecule has 0 saturated carbocycles. The number of anilines is 1. The van der Waals surface area contributed by atoms with E-state index in [2.05, 4.69) is 15.2 Å². The maximum atomic E-state index is 13.2. The first kappa shape index (κ1) is 12.9. The molecule has 6 heteroatoms. The monoisotopic (exact) mass is 255 g/mol. The number of carbonyl (C=O) groups excluding carboxylic acids is 1. The average molecular weight is 255 g/mol. The van der Waals surface area contributed by atoms with Gasteiger partial charge in [-0.2, -0.15) is 4.39 Å². The predicted octanol–water partition coefficient (Wildman–Crippen LogP) is 1.49. The Balaban J connectivity index is 1.81. The summed E-state index contributed by atoms with van der Waals surface area (Å²) >= 11 is 0. The first-order valence-corrected chi connectivity index (χ1v) is 5.89. The minimum Gasteiger partial charge on any atom is -0.365 e. The Morgan fingerprint density at radius 3 is 2.89 bits per heavy atom. The van der Waals surface area contributed by atoms with E-state index in [9.17, 15) is 13.6 Å². The zero-order valence-corrected chi connectivity index (χ0v) is 9.90. The van der Waals surface area contributed by atoms with Crippen molar-refractivity contribution in [3.8, 4) is 0 Å². The van der Waals surface area contributed by atoms with Gasteiger partial charge in [0.15, 0.2) is 6.29 Å². The van der Waals surface area contributed by atoms with Crippen molar-refractivity contribution in [1.29, 1.82) is 0 Å². The summed E-state index contributed by atoms with van der Waals surface area (Å²) < 4.78 is 25.2. The fourth-order valence-electron chi connectivity index (χ4n) is 1.95. The normalized spacial score (nSPS) is 16.3. The summed E-state index contributed by atoms with van der Waals surface area (Å²) in [6.45, 7) is 2.06. The van der Waals surface area contributed by atoms with E-state index in [4.69, 9.17) is 0 Å². The number of aromatic nitrogens is 1. The molecular weight excluding hydrogens is 240 g/mol. The summed E-state index contributed by atoms with van der Waals surface area (Å²) in [5.41, 5.74) is -0.0428. The fraction of sp³-hybridized carbons (Fsp3) is 0.500. The number of carbonyl (C=O) groups is 1. The van der Waals surface area contributed by atoms with Crippen molar-refractivity contribution < 1.29 is 13.6 Å². The SMILES string of the molecule is O=Cc1ccc(NC2CN(CCCF)C2)nc1F. The number of hydrogen-bond acceptors (Lipinski definition) is 4. The van der Waals surface area contributed by atoms with Gasteiger partial charge in [-0.25, -0.2) is 4.98 Å². The van der Waals surface area contributed by atoms with Crippen LogP contribution >= 0.6 is 0 Å². The lowest BCUT2D eigenvalue weighted by molar-refractivity contribution is 0.111. The van der Waals surface area contributed by atoms with Crippen molar-refractivity contribution in [2.24, 2.45) is 0 Å². The molecule has 0 bridgehead atoms. The number of hydrogen-bond donors (Lipinski definition) is 1. The topological polar surface area (TPSA) is 45.2 Å². The zero-order valence-electron chi connectivity index (χ0n) is 9.90. The van der Waals surface area contributed by atoms with Gasteiger partial charge in [0, 0.05) is 19.6 Å². The van der Waals surface area contributed by atoms with Crippen molar-refractivity contribution in [1.82, 2.24) is 9.88 Å². The van der Waals surface area contributed by atoms with Crippen LogP contribution in [-0.2, 0) is 0 Å². The number of aldehydes is 1. The first-order chi connectivity index (χ1) is 8.72. The lowest BCUT2D eigenvalue weighted by atomic mass is 10.1. The zero-order chi connectivity index (χ0) is 13.0. The third-order valence-electron chi connectivity index (χ3n) is 2.92. The van der Waals surface area contributed by atoms with Gasteiger partial charge < -0.3 is 5.32 Å². The van der Waals surface area contributed by atoms with E-state index in [1.807, 2.05) is 0 Å². The van der Waals surface area contributed by atoms with Crippen LogP contribution in [0.2, 0.25) is 0 Å². The van der Waals surface area contributed by atoms with Crippen molar-refractivity contribution >= 4 is 12.1 Å². The van der Waals surface area contributed by atoms with Crippen LogP contribution in [0.4, 0.5) is 14.6 Å². The van der Waals surface area contributed by atoms with Crippen LogP contribution < -0.4 is 5.32 Å². The summed E-state index contributed by atoms with van der Waals surface area (Å²) in [5.74, 6) is -0.336. The third kappa shape index (κ3) is 3.01. The molecule has 1 aromatic rings. The molecule has 0 aliphatic carbocycles. The second kappa shape index (κ2) is 5.86. The molecule has 0 unspecified atom stereocenters. The summed E-state index contributed by atoms with van der Waals surface area (Å²) in [6, 6.07) is 3.19. The molecule has 1 aromatic heterocycles. The molecule has 1 saturated heterocycles. The summed E-state index contributed by atoms with van der Waals surface area (Å²) in [5, 5.41) is 3.07. The molecular formula is C12H15F2N3O. The summed E-state index contributed by atoms with van der Waals surface area (Å²) in [6.07, 6.45) is 0.988. The van der Waals surface area contributed by atoms with Gasteiger partial charge in [-0.05, 0) is 18.6 Å². The van der Waals surface area contributed by atoms with Crippen molar-refractivity contribution in [2.75, 3.05) is 31.6 Å². The molecule has 1 aliphatic rings. The van der Waals surface area contributed by atoms with Gasteiger partial charge in [-0.3, -0.25) is 14.1 Å². The van der Waals surface area contributed by atoms with Crippen LogP contribution in [0.5, 0.6) is 0 Å². The molecule has 0 aromatic carbocycles. The van der Waals surface area contributed by atoms with Gasteiger partial charge >= 0.3 is 0 Å². The highest BCUT2D eigenvalue weighted by Crippen LogP contribution is 2.15. The lowest BCUT2D eigenvalue weighted by Gasteiger charge is -2.39. The van der Waals surface area contributed by atoms with E-state index in [1.165, 1.54) is 6.07 Å². The van der Waals surface area contributed by atoms with E-state index in [0.717, 1.165) is 19.6 Å². The number of pyridine rings is 1. The molecule has 1 fully saturated rings. The van der Waals surface area contributed by atoms with Crippen LogP contribution in [0.3, 0.4) is 0 Å². The van der Waals surface area contributed by atoms with Crippen LogP contribution in [0.1, 0.15) is 16.8 Å². The minimum atomic E-state index is -0.761. The minimum absolute atomic E-state index is 0.0428. The highest BCUT2D eigenvalue weighted by molar-refractivity contribution is 5.74. The Morgan fingerprint density at radius 1 is 1.50 bits per heavy atom. The predicted molar refractivity (Wildman–Crippen MR) is 64.0 cm³/mol. The van der Waals surface area contributed by atoms with Gasteiger partial charge in [0.2, 0.25) is 5.95 Å². The number of nitrogens with one attached hydrogen (secondary N) is 1. The van der Waals surface area contributed by atoms with Crippen LogP contribution in [0, 0.1) is 5.95 Å². The van der Waals surface area contributed by atoms with Crippen LogP contribution in [0.25, 0.3) is 0 Å². The molecule has 0 atom stereocenters. The Hall–Kier alpha value is -1.56. The molecule has 0 radical (unpaired) electrons. The second-order valence-corrected chi connectivity index (χ2v) is 4.34. The largest absolute Gasteiger partial charge is 0.365 e. The van der Waals surface area contributed by atoms with E-state index in [-0.39, 0.29) is 18.3 Å². The second-order valence-electron chi connectivity index (χ2n) is 4.34. The molecule has 98 valence electrons. The van der Waals surface area contributed by atoms with E-state index >= 15 is 0 Å². The molecule has 4 nitrogen and oxygen atoms in total. The molecule has 0 amide bonds. The number of alkyl halides is 1. The first-order valence-electron chi connectivity index (χ1n) is 5.89. The van der Waals surface area contributed by atoms with E-state index < -0.39 is 5.95 Å². The number of likely N-dealkylation sites (tertiary alicyclic amines) is 1. The maximum Gasteiger partial charge on any atom is 0.225 e. The Labute approximate surface area is 104 Å². The van der Waals surface area contributed by atoms with Gasteiger partial charge in [0.05, 0.1) is 18.3 Å². The van der Waals surface area contributed by atoms with Crippen LogP contribution in [-0.4, -0.2) is 48.5 Å². The fourth-order valence-corrected chi connectivity index (χ4v) is 1.95. The van der Waals surface area contributed by atoms with E-state index in [0.29, 0.717) is 18.5 Å². The number of halogens is 2. The Kier molecular flexibility index (Phi) is 4.19. The van der Waals surface area contributed by atoms with Gasteiger partial charge in [-0.15, -0.1) is 0 Å². The highest BCUT2D eigenvalue weighted by atomic mass is 19.1. The Morgan fingerprint density at radius 2 is 2.28 bits per heavy atom. The van der Waals surface area contributed by atoms with Crippen molar-refractivity contribution in [3.05, 3.63) is 23.6 Å². The molecule has 1 aliphatic heterocycles. The van der Waals surface area contributed by atoms with Gasteiger partial charge in [-0.1, -0.05) is 0 Å². The summed E-state index contributed by atoms with van der Waals surface area (Å²) in [4.78, 5) is 16.2. The standard InChI is InChI=1S/C12H15F2N3O/c13-4-1-5-17-6-10(7-17)15-11-3-2-9(8-18)12(14)16-11/h2-3,8,10H,1,4-7H2,(H,15,16). The van der Waals surface area contributed by atoms with Gasteiger partial charge in [0.1, 0.15) is 5.82 Å². The smallest absolute Gasteiger partial charge is 0.225 e. The average Bonchev–Trinajstić information content (AvgIpc) is 2.32. The van der Waals surface area contributed by atoms with Gasteiger partial charge in [0.25, 0.3) is 0 Å². The molecule has 0 spiro atoms. The van der Waals surface area contributed by atoms with E-state index in [1.54, 1.807) is 6.07 Å². The molecule has 2 heterocycles. The summed E-state index contributed by atoms with van der Waals surface area (Å²) in [7, 11) is 0. The number of rotatable bonds is 6. The number of nitrogens with zero attached hydrogens (tertiary/aromatic N) is 2. The van der Waals surface area contributed by atoms with Crippen molar-refractivity contribution in [2.45, 2.75) is 12.5 Å². The third-order valence-corrected chi connectivity index (χ3v) is 2.92. The Bertz CT molecular complexity index is 422. The molecule has 2 rings (SSSR count). The van der Waals surface area contributed by atoms with Crippen molar-refractivity contribution in [3.63, 3.8) is 0 Å². The van der Waals surface area contributed by atoms with Crippen LogP contribution in [0.15, 0.2) is 12.1 Å². The highest BCUT2D eigenvalue weighted by Gasteiger charge is 2.26. The molecule has 18 heavy (non-hydrogen) atoms. The lowest BCUT2D eigenvalue weighted by Crippen LogP contribution is -2.54. The maximum absolute atomic E-state index is 13.2.